The Kier molecular flexibility index (Phi) is 1.69. The fourth-order valence-corrected chi connectivity index (χ4v) is 1.06. The number of nitrogens with zero attached hydrogens (tertiary/aromatic N) is 1. The highest BCUT2D eigenvalue weighted by Crippen LogP contribution is 2.10. The second-order valence-electron chi connectivity index (χ2n) is 2.37. The van der Waals surface area contributed by atoms with E-state index in [0.29, 0.717) is 0 Å². The number of hydrogen-bond donors (Lipinski definition) is 0. The van der Waals surface area contributed by atoms with Gasteiger partial charge in [0, 0.05) is 13.1 Å². The van der Waals surface area contributed by atoms with E-state index in [4.69, 9.17) is 0 Å². The number of likely N-dealkylation sites (tertiary alicyclic amines) is 1. The second kappa shape index (κ2) is 2.31. The molecule has 46 valence electrons. The lowest BCUT2D eigenvalue weighted by Crippen LogP contribution is -2.17. The van der Waals surface area contributed by atoms with Gasteiger partial charge in [-0.05, 0) is 13.0 Å². The van der Waals surface area contributed by atoms with Crippen molar-refractivity contribution in [3.05, 3.63) is 12.2 Å². The standard InChI is InChI=1S/C7H13N/c1-3-8-5-4-7(2)6-8/h2-6H2,1H3. The van der Waals surface area contributed by atoms with Gasteiger partial charge < -0.3 is 0 Å². The molecule has 0 saturated carbocycles. The Morgan fingerprint density at radius 1 is 1.75 bits per heavy atom. The van der Waals surface area contributed by atoms with Crippen LogP contribution in [0.2, 0.25) is 0 Å². The highest BCUT2D eigenvalue weighted by Gasteiger charge is 2.11. The Labute approximate surface area is 51.0 Å². The largest absolute Gasteiger partial charge is 0.299 e. The minimum Gasteiger partial charge on any atom is -0.299 e. The Morgan fingerprint density at radius 2 is 2.50 bits per heavy atom. The van der Waals surface area contributed by atoms with Crippen molar-refractivity contribution < 1.29 is 0 Å². The summed E-state index contributed by atoms with van der Waals surface area (Å²) in [6.45, 7) is 9.65. The first kappa shape index (κ1) is 5.83. The molecule has 0 aromatic carbocycles. The molecule has 0 unspecified atom stereocenters. The van der Waals surface area contributed by atoms with Gasteiger partial charge in [-0.25, -0.2) is 0 Å². The molecule has 0 spiro atoms. The average molecular weight is 111 g/mol. The average Bonchev–Trinajstić information content (AvgIpc) is 2.14. The quantitative estimate of drug-likeness (QED) is 0.460. The van der Waals surface area contributed by atoms with Crippen molar-refractivity contribution in [1.29, 1.82) is 0 Å². The topological polar surface area (TPSA) is 3.24 Å². The first-order chi connectivity index (χ1) is 3.83. The molecule has 1 rings (SSSR count). The third kappa shape index (κ3) is 1.10. The maximum Gasteiger partial charge on any atom is 0.0190 e. The predicted octanol–water partition coefficient (Wildman–Crippen LogP) is 1.27. The lowest BCUT2D eigenvalue weighted by Gasteiger charge is -2.08. The van der Waals surface area contributed by atoms with Gasteiger partial charge in [0.2, 0.25) is 0 Å². The van der Waals surface area contributed by atoms with Crippen LogP contribution in [0.4, 0.5) is 0 Å². The van der Waals surface area contributed by atoms with Crippen molar-refractivity contribution in [2.45, 2.75) is 13.3 Å². The maximum atomic E-state index is 3.91. The van der Waals surface area contributed by atoms with E-state index in [9.17, 15) is 0 Å². The summed E-state index contributed by atoms with van der Waals surface area (Å²) < 4.78 is 0. The third-order valence-electron chi connectivity index (χ3n) is 1.68. The summed E-state index contributed by atoms with van der Waals surface area (Å²) in [7, 11) is 0. The van der Waals surface area contributed by atoms with Crippen LogP contribution >= 0.6 is 0 Å². The van der Waals surface area contributed by atoms with Crippen molar-refractivity contribution in [1.82, 2.24) is 4.90 Å². The van der Waals surface area contributed by atoms with E-state index in [1.807, 2.05) is 0 Å². The first-order valence-electron chi connectivity index (χ1n) is 3.22. The van der Waals surface area contributed by atoms with Crippen LogP contribution in [0.3, 0.4) is 0 Å². The number of hydrogen-bond acceptors (Lipinski definition) is 1. The van der Waals surface area contributed by atoms with Crippen molar-refractivity contribution in [3.63, 3.8) is 0 Å². The SMILES string of the molecule is C=C1CCN(CC)C1. The van der Waals surface area contributed by atoms with Crippen molar-refractivity contribution >= 4 is 0 Å². The van der Waals surface area contributed by atoms with Crippen LogP contribution in [0.1, 0.15) is 13.3 Å². The van der Waals surface area contributed by atoms with E-state index in [-0.39, 0.29) is 0 Å². The van der Waals surface area contributed by atoms with Gasteiger partial charge in [0.15, 0.2) is 0 Å². The van der Waals surface area contributed by atoms with Crippen LogP contribution in [0.25, 0.3) is 0 Å². The summed E-state index contributed by atoms with van der Waals surface area (Å²) in [5, 5.41) is 0. The number of rotatable bonds is 1. The summed E-state index contributed by atoms with van der Waals surface area (Å²) >= 11 is 0. The van der Waals surface area contributed by atoms with Gasteiger partial charge in [0.1, 0.15) is 0 Å². The van der Waals surface area contributed by atoms with Gasteiger partial charge in [-0.15, -0.1) is 0 Å². The van der Waals surface area contributed by atoms with E-state index in [1.165, 1.54) is 25.1 Å². The minimum atomic E-state index is 1.14. The highest BCUT2D eigenvalue weighted by molar-refractivity contribution is 5.02. The van der Waals surface area contributed by atoms with Crippen LogP contribution in [-0.4, -0.2) is 24.5 Å². The molecule has 8 heavy (non-hydrogen) atoms. The van der Waals surface area contributed by atoms with Gasteiger partial charge in [0.05, 0.1) is 0 Å². The normalized spacial score (nSPS) is 22.4. The monoisotopic (exact) mass is 111 g/mol. The van der Waals surface area contributed by atoms with Crippen molar-refractivity contribution in [2.75, 3.05) is 19.6 Å². The fourth-order valence-electron chi connectivity index (χ4n) is 1.06. The molecule has 1 heterocycles. The zero-order valence-electron chi connectivity index (χ0n) is 5.48. The lowest BCUT2D eigenvalue weighted by molar-refractivity contribution is 0.365. The lowest BCUT2D eigenvalue weighted by atomic mass is 10.3. The molecule has 0 aromatic heterocycles. The first-order valence-corrected chi connectivity index (χ1v) is 3.22. The molecule has 1 fully saturated rings. The number of likely N-dealkylation sites (N-methyl/N-ethyl adjacent to an activating group) is 1. The molecule has 0 bridgehead atoms. The molecule has 0 radical (unpaired) electrons. The predicted molar refractivity (Wildman–Crippen MR) is 35.9 cm³/mol. The van der Waals surface area contributed by atoms with Gasteiger partial charge in [-0.3, -0.25) is 4.90 Å². The molecule has 1 aliphatic rings. The van der Waals surface area contributed by atoms with Crippen LogP contribution in [0, 0.1) is 0 Å². The summed E-state index contributed by atoms with van der Waals surface area (Å²) in [5.74, 6) is 0. The molecule has 0 aromatic rings. The smallest absolute Gasteiger partial charge is 0.0190 e. The van der Waals surface area contributed by atoms with Gasteiger partial charge in [-0.1, -0.05) is 19.1 Å². The molecule has 0 N–H and O–H groups in total. The Hall–Kier alpha value is -0.300. The van der Waals surface area contributed by atoms with E-state index >= 15 is 0 Å². The zero-order chi connectivity index (χ0) is 5.98. The van der Waals surface area contributed by atoms with E-state index < -0.39 is 0 Å². The molecule has 0 atom stereocenters. The molecule has 1 saturated heterocycles. The van der Waals surface area contributed by atoms with Gasteiger partial charge >= 0.3 is 0 Å². The summed E-state index contributed by atoms with van der Waals surface area (Å²) in [6.07, 6.45) is 1.22. The Balaban J connectivity index is 2.32. The Morgan fingerprint density at radius 3 is 2.75 bits per heavy atom. The van der Waals surface area contributed by atoms with Crippen LogP contribution in [0.15, 0.2) is 12.2 Å². The van der Waals surface area contributed by atoms with Crippen molar-refractivity contribution in [3.8, 4) is 0 Å². The Bertz CT molecular complexity index is 96.6. The van der Waals surface area contributed by atoms with Gasteiger partial charge in [0.25, 0.3) is 0 Å². The molecular formula is C7H13N. The van der Waals surface area contributed by atoms with E-state index in [1.54, 1.807) is 0 Å². The van der Waals surface area contributed by atoms with Crippen molar-refractivity contribution in [2.24, 2.45) is 0 Å². The second-order valence-corrected chi connectivity index (χ2v) is 2.37. The zero-order valence-corrected chi connectivity index (χ0v) is 5.48. The molecule has 0 aliphatic carbocycles. The summed E-state index contributed by atoms with van der Waals surface area (Å²) in [5.41, 5.74) is 1.40. The van der Waals surface area contributed by atoms with Gasteiger partial charge in [-0.2, -0.15) is 0 Å². The fraction of sp³-hybridized carbons (Fsp3) is 0.714. The van der Waals surface area contributed by atoms with Crippen LogP contribution in [-0.2, 0) is 0 Å². The molecule has 1 heteroatoms. The van der Waals surface area contributed by atoms with E-state index in [0.717, 1.165) is 6.54 Å². The summed E-state index contributed by atoms with van der Waals surface area (Å²) in [6, 6.07) is 0. The molecular weight excluding hydrogens is 98.1 g/mol. The minimum absolute atomic E-state index is 1.14. The van der Waals surface area contributed by atoms with Crippen LogP contribution in [0.5, 0.6) is 0 Å². The molecule has 1 aliphatic heterocycles. The van der Waals surface area contributed by atoms with Crippen LogP contribution < -0.4 is 0 Å². The maximum absolute atomic E-state index is 3.91. The third-order valence-corrected chi connectivity index (χ3v) is 1.68. The molecule has 0 amide bonds. The summed E-state index contributed by atoms with van der Waals surface area (Å²) in [4.78, 5) is 2.41. The molecule has 1 nitrogen and oxygen atoms in total. The van der Waals surface area contributed by atoms with E-state index in [2.05, 4.69) is 18.4 Å². The highest BCUT2D eigenvalue weighted by atomic mass is 15.1.